The van der Waals surface area contributed by atoms with Gasteiger partial charge in [-0.3, -0.25) is 4.79 Å². The third-order valence-corrected chi connectivity index (χ3v) is 4.60. The maximum absolute atomic E-state index is 12.2. The van der Waals surface area contributed by atoms with Crippen molar-refractivity contribution >= 4 is 12.1 Å². The average Bonchev–Trinajstić information content (AvgIpc) is 2.61. The Balaban J connectivity index is 3.01. The van der Waals surface area contributed by atoms with E-state index in [1.165, 1.54) is 4.90 Å². The van der Waals surface area contributed by atoms with Crippen LogP contribution >= 0.6 is 0 Å². The fourth-order valence-electron chi connectivity index (χ4n) is 2.93. The lowest BCUT2D eigenvalue weighted by atomic mass is 9.95. The summed E-state index contributed by atoms with van der Waals surface area (Å²) >= 11 is 0. The lowest BCUT2D eigenvalue weighted by Gasteiger charge is -2.24. The fourth-order valence-corrected chi connectivity index (χ4v) is 2.93. The third-order valence-electron chi connectivity index (χ3n) is 4.60. The first-order valence-corrected chi connectivity index (χ1v) is 10.1. The van der Waals surface area contributed by atoms with E-state index in [1.54, 1.807) is 14.1 Å². The summed E-state index contributed by atoms with van der Waals surface area (Å²) in [5, 5.41) is 0. The minimum atomic E-state index is -0.349. The standard InChI is InChI=1S/C23H36NO4/c1-17(2)11-10-12-18(3)22-19(4)15-16-20(27-23(26)24(5)6)13-8-7-9-14-21(25)28-22/h10-12,15-17,19-20,22H,1,7-9,13-14H2,2-6H3/b11-10+,16-15+,18-12+/t17-,19+,20-,22-/m1/s1. The Morgan fingerprint density at radius 1 is 1.32 bits per heavy atom. The van der Waals surface area contributed by atoms with Gasteiger partial charge in [-0.05, 0) is 50.7 Å². The molecule has 0 bridgehead atoms. The van der Waals surface area contributed by atoms with Crippen LogP contribution in [0.3, 0.4) is 0 Å². The predicted octanol–water partition coefficient (Wildman–Crippen LogP) is 5.09. The van der Waals surface area contributed by atoms with E-state index in [0.717, 1.165) is 31.3 Å². The largest absolute Gasteiger partial charge is 0.457 e. The van der Waals surface area contributed by atoms with Gasteiger partial charge in [0.25, 0.3) is 0 Å². The molecule has 0 aliphatic carbocycles. The molecule has 1 rings (SSSR count). The van der Waals surface area contributed by atoms with E-state index < -0.39 is 0 Å². The van der Waals surface area contributed by atoms with Crippen LogP contribution in [0, 0.1) is 18.8 Å². The maximum Gasteiger partial charge on any atom is 0.409 e. The van der Waals surface area contributed by atoms with Crippen LogP contribution in [0.15, 0.2) is 36.0 Å². The molecule has 0 aromatic heterocycles. The van der Waals surface area contributed by atoms with Crippen molar-refractivity contribution in [2.24, 2.45) is 11.8 Å². The van der Waals surface area contributed by atoms with Crippen LogP contribution < -0.4 is 0 Å². The van der Waals surface area contributed by atoms with Crippen molar-refractivity contribution in [1.82, 2.24) is 4.90 Å². The monoisotopic (exact) mass is 390 g/mol. The van der Waals surface area contributed by atoms with Gasteiger partial charge in [0, 0.05) is 26.4 Å². The van der Waals surface area contributed by atoms with Gasteiger partial charge >= 0.3 is 12.1 Å². The SMILES string of the molecule is [CH2][C@H](C)/C=C/C=C(\C)[C@H]1OC(=O)CCCCC[C@@H](OC(=O)N(C)C)/C=C/[C@@H]1C. The molecule has 0 spiro atoms. The molecule has 1 heterocycles. The number of ether oxygens (including phenoxy) is 2. The van der Waals surface area contributed by atoms with Gasteiger partial charge in [0.2, 0.25) is 0 Å². The highest BCUT2D eigenvalue weighted by atomic mass is 16.6. The van der Waals surface area contributed by atoms with Crippen LogP contribution in [0.4, 0.5) is 4.79 Å². The second-order valence-electron chi connectivity index (χ2n) is 7.84. The molecule has 0 aromatic rings. The summed E-state index contributed by atoms with van der Waals surface area (Å²) in [7, 11) is 3.35. The number of hydrogen-bond acceptors (Lipinski definition) is 4. The second kappa shape index (κ2) is 12.4. The topological polar surface area (TPSA) is 55.8 Å². The van der Waals surface area contributed by atoms with E-state index >= 15 is 0 Å². The van der Waals surface area contributed by atoms with Crippen molar-refractivity contribution in [3.8, 4) is 0 Å². The summed E-state index contributed by atoms with van der Waals surface area (Å²) in [4.78, 5) is 25.6. The quantitative estimate of drug-likeness (QED) is 0.381. The van der Waals surface area contributed by atoms with Gasteiger partial charge in [0.1, 0.15) is 12.2 Å². The zero-order valence-electron chi connectivity index (χ0n) is 18.0. The Bertz CT molecular complexity index is 589. The highest BCUT2D eigenvalue weighted by Gasteiger charge is 2.23. The molecule has 0 saturated carbocycles. The van der Waals surface area contributed by atoms with Crippen molar-refractivity contribution in [3.63, 3.8) is 0 Å². The summed E-state index contributed by atoms with van der Waals surface area (Å²) in [6.45, 7) is 9.92. The van der Waals surface area contributed by atoms with Gasteiger partial charge in [0.05, 0.1) is 0 Å². The molecule has 0 saturated heterocycles. The van der Waals surface area contributed by atoms with Gasteiger partial charge in [-0.25, -0.2) is 4.79 Å². The van der Waals surface area contributed by atoms with Crippen molar-refractivity contribution in [1.29, 1.82) is 0 Å². The minimum absolute atomic E-state index is 0.0363. The lowest BCUT2D eigenvalue weighted by molar-refractivity contribution is -0.148. The number of carbonyl (C=O) groups is 2. The Morgan fingerprint density at radius 2 is 2.04 bits per heavy atom. The molecule has 157 valence electrons. The summed E-state index contributed by atoms with van der Waals surface area (Å²) in [5.74, 6) is 0.0155. The summed E-state index contributed by atoms with van der Waals surface area (Å²) in [6.07, 6.45) is 12.6. The number of carbonyl (C=O) groups excluding carboxylic acids is 2. The number of nitrogens with zero attached hydrogens (tertiary/aromatic N) is 1. The Labute approximate surface area is 170 Å². The average molecular weight is 391 g/mol. The molecule has 0 N–H and O–H groups in total. The molecule has 1 amide bonds. The molecule has 5 nitrogen and oxygen atoms in total. The lowest BCUT2D eigenvalue weighted by Crippen LogP contribution is -2.28. The Morgan fingerprint density at radius 3 is 2.68 bits per heavy atom. The van der Waals surface area contributed by atoms with Crippen molar-refractivity contribution in [2.45, 2.75) is 65.1 Å². The molecular weight excluding hydrogens is 354 g/mol. The highest BCUT2D eigenvalue weighted by Crippen LogP contribution is 2.22. The molecule has 0 unspecified atom stereocenters. The van der Waals surface area contributed by atoms with Crippen LogP contribution in [0.1, 0.15) is 52.9 Å². The predicted molar refractivity (Wildman–Crippen MR) is 113 cm³/mol. The van der Waals surface area contributed by atoms with E-state index in [1.807, 2.05) is 51.2 Å². The molecule has 0 fully saturated rings. The van der Waals surface area contributed by atoms with Gasteiger partial charge in [-0.2, -0.15) is 0 Å². The molecule has 1 radical (unpaired) electrons. The smallest absolute Gasteiger partial charge is 0.409 e. The fraction of sp³-hybridized carbons (Fsp3) is 0.609. The third kappa shape index (κ3) is 9.25. The van der Waals surface area contributed by atoms with Gasteiger partial charge in [-0.1, -0.05) is 44.6 Å². The van der Waals surface area contributed by atoms with Crippen LogP contribution in [0.2, 0.25) is 0 Å². The zero-order chi connectivity index (χ0) is 21.1. The van der Waals surface area contributed by atoms with E-state index in [0.29, 0.717) is 6.42 Å². The van der Waals surface area contributed by atoms with Crippen molar-refractivity contribution < 1.29 is 19.1 Å². The molecule has 1 aliphatic rings. The van der Waals surface area contributed by atoms with Gasteiger partial charge < -0.3 is 14.4 Å². The van der Waals surface area contributed by atoms with E-state index in [4.69, 9.17) is 9.47 Å². The van der Waals surface area contributed by atoms with Crippen LogP contribution in [0.5, 0.6) is 0 Å². The van der Waals surface area contributed by atoms with Crippen molar-refractivity contribution in [2.75, 3.05) is 14.1 Å². The number of allylic oxidation sites excluding steroid dienone is 3. The van der Waals surface area contributed by atoms with Crippen molar-refractivity contribution in [3.05, 3.63) is 42.9 Å². The normalized spacial score (nSPS) is 26.3. The minimum Gasteiger partial charge on any atom is -0.457 e. The first-order valence-electron chi connectivity index (χ1n) is 10.1. The maximum atomic E-state index is 12.2. The van der Waals surface area contributed by atoms with Crippen LogP contribution in [-0.4, -0.2) is 43.3 Å². The first-order chi connectivity index (χ1) is 13.2. The molecule has 4 atom stereocenters. The summed E-state index contributed by atoms with van der Waals surface area (Å²) in [6, 6.07) is 0. The number of amides is 1. The number of cyclic esters (lactones) is 1. The Hall–Kier alpha value is -2.04. The number of hydrogen-bond donors (Lipinski definition) is 0. The van der Waals surface area contributed by atoms with Crippen LogP contribution in [-0.2, 0) is 14.3 Å². The molecule has 28 heavy (non-hydrogen) atoms. The second-order valence-corrected chi connectivity index (χ2v) is 7.84. The number of rotatable bonds is 4. The summed E-state index contributed by atoms with van der Waals surface area (Å²) < 4.78 is 11.4. The van der Waals surface area contributed by atoms with E-state index in [2.05, 4.69) is 6.92 Å². The van der Waals surface area contributed by atoms with E-state index in [9.17, 15) is 9.59 Å². The number of esters is 1. The van der Waals surface area contributed by atoms with Gasteiger partial charge in [0.15, 0.2) is 0 Å². The molecule has 1 aliphatic heterocycles. The molecule has 5 heteroatoms. The Kier molecular flexibility index (Phi) is 10.6. The first kappa shape index (κ1) is 24.0. The molecule has 0 aromatic carbocycles. The summed E-state index contributed by atoms with van der Waals surface area (Å²) in [5.41, 5.74) is 0.973. The van der Waals surface area contributed by atoms with E-state index in [-0.39, 0.29) is 36.1 Å². The van der Waals surface area contributed by atoms with Gasteiger partial charge in [-0.15, -0.1) is 0 Å². The zero-order valence-corrected chi connectivity index (χ0v) is 18.0. The highest BCUT2D eigenvalue weighted by molar-refractivity contribution is 5.70. The molecular formula is C23H36NO4. The van der Waals surface area contributed by atoms with Crippen LogP contribution in [0.25, 0.3) is 0 Å².